The highest BCUT2D eigenvalue weighted by Gasteiger charge is 2.18. The summed E-state index contributed by atoms with van der Waals surface area (Å²) in [4.78, 5) is 18.8. The van der Waals surface area contributed by atoms with Crippen LogP contribution in [-0.2, 0) is 9.47 Å². The molecule has 5 nitrogen and oxygen atoms in total. The summed E-state index contributed by atoms with van der Waals surface area (Å²) in [5, 5.41) is 2.09. The Balaban J connectivity index is 1.69. The molecule has 0 radical (unpaired) electrons. The number of rotatable bonds is 4. The fraction of sp³-hybridized carbons (Fsp3) is 0.412. The highest BCUT2D eigenvalue weighted by atomic mass is 35.5. The van der Waals surface area contributed by atoms with Gasteiger partial charge in [-0.2, -0.15) is 0 Å². The van der Waals surface area contributed by atoms with E-state index in [4.69, 9.17) is 21.1 Å². The van der Waals surface area contributed by atoms with Crippen molar-refractivity contribution in [2.75, 3.05) is 39.5 Å². The molecule has 0 N–H and O–H groups in total. The van der Waals surface area contributed by atoms with Gasteiger partial charge in [-0.15, -0.1) is 0 Å². The molecule has 0 unspecified atom stereocenters. The van der Waals surface area contributed by atoms with Crippen molar-refractivity contribution in [2.24, 2.45) is 0 Å². The number of ether oxygens (including phenoxy) is 2. The molecule has 0 bridgehead atoms. The normalized spacial score (nSPS) is 15.7. The van der Waals surface area contributed by atoms with Gasteiger partial charge in [0.25, 0.3) is 0 Å². The van der Waals surface area contributed by atoms with Crippen LogP contribution in [0.25, 0.3) is 10.8 Å². The van der Waals surface area contributed by atoms with E-state index < -0.39 is 5.97 Å². The van der Waals surface area contributed by atoms with Gasteiger partial charge in [0, 0.05) is 25.0 Å². The van der Waals surface area contributed by atoms with Crippen LogP contribution in [0.4, 0.5) is 0 Å². The fourth-order valence-corrected chi connectivity index (χ4v) is 2.97. The molecule has 122 valence electrons. The zero-order chi connectivity index (χ0) is 16.2. The van der Waals surface area contributed by atoms with Crippen LogP contribution >= 0.6 is 11.6 Å². The van der Waals surface area contributed by atoms with E-state index in [0.717, 1.165) is 42.6 Å². The Kier molecular flexibility index (Phi) is 5.10. The molecular formula is C17H19ClN2O3. The number of pyridine rings is 1. The van der Waals surface area contributed by atoms with E-state index in [1.54, 1.807) is 0 Å². The number of aryl methyl sites for hydroxylation is 1. The zero-order valence-electron chi connectivity index (χ0n) is 13.0. The SMILES string of the molecule is Cc1c(C(=O)OCCN2CCOCC2)nc(Cl)c2ccccc12. The van der Waals surface area contributed by atoms with E-state index in [9.17, 15) is 4.79 Å². The predicted octanol–water partition coefficient (Wildman–Crippen LogP) is 2.69. The second kappa shape index (κ2) is 7.25. The van der Waals surface area contributed by atoms with Gasteiger partial charge in [-0.05, 0) is 17.9 Å². The average Bonchev–Trinajstić information content (AvgIpc) is 2.59. The van der Waals surface area contributed by atoms with Gasteiger partial charge in [0.2, 0.25) is 0 Å². The molecule has 1 aromatic carbocycles. The van der Waals surface area contributed by atoms with Gasteiger partial charge in [0.1, 0.15) is 11.8 Å². The molecule has 0 atom stereocenters. The van der Waals surface area contributed by atoms with Crippen molar-refractivity contribution in [3.8, 4) is 0 Å². The topological polar surface area (TPSA) is 51.7 Å². The van der Waals surface area contributed by atoms with Crippen molar-refractivity contribution in [3.05, 3.63) is 40.7 Å². The van der Waals surface area contributed by atoms with Crippen LogP contribution in [0.15, 0.2) is 24.3 Å². The Morgan fingerprint density at radius 3 is 2.74 bits per heavy atom. The molecule has 2 heterocycles. The van der Waals surface area contributed by atoms with Crippen LogP contribution in [0.5, 0.6) is 0 Å². The second-order valence-electron chi connectivity index (χ2n) is 5.51. The lowest BCUT2D eigenvalue weighted by Crippen LogP contribution is -2.38. The minimum Gasteiger partial charge on any atom is -0.460 e. The molecule has 1 aromatic heterocycles. The molecule has 1 aliphatic rings. The van der Waals surface area contributed by atoms with Crippen molar-refractivity contribution in [1.29, 1.82) is 0 Å². The van der Waals surface area contributed by atoms with Crippen molar-refractivity contribution in [3.63, 3.8) is 0 Å². The minimum absolute atomic E-state index is 0.288. The molecule has 1 fully saturated rings. The van der Waals surface area contributed by atoms with Crippen LogP contribution in [0.2, 0.25) is 5.15 Å². The monoisotopic (exact) mass is 334 g/mol. The summed E-state index contributed by atoms with van der Waals surface area (Å²) < 4.78 is 10.7. The van der Waals surface area contributed by atoms with Crippen LogP contribution in [0.1, 0.15) is 16.1 Å². The molecule has 6 heteroatoms. The number of carbonyl (C=O) groups excluding carboxylic acids is 1. The quantitative estimate of drug-likeness (QED) is 0.635. The van der Waals surface area contributed by atoms with E-state index in [2.05, 4.69) is 9.88 Å². The number of esters is 1. The summed E-state index contributed by atoms with van der Waals surface area (Å²) in [6.07, 6.45) is 0. The third-order valence-corrected chi connectivity index (χ3v) is 4.34. The average molecular weight is 335 g/mol. The van der Waals surface area contributed by atoms with Gasteiger partial charge in [-0.1, -0.05) is 35.9 Å². The lowest BCUT2D eigenvalue weighted by atomic mass is 10.1. The van der Waals surface area contributed by atoms with Crippen molar-refractivity contribution in [2.45, 2.75) is 6.92 Å². The summed E-state index contributed by atoms with van der Waals surface area (Å²) in [5.74, 6) is -0.427. The van der Waals surface area contributed by atoms with Gasteiger partial charge in [0.15, 0.2) is 5.69 Å². The van der Waals surface area contributed by atoms with Crippen LogP contribution in [0, 0.1) is 6.92 Å². The summed E-state index contributed by atoms with van der Waals surface area (Å²) in [7, 11) is 0. The molecule has 1 aliphatic heterocycles. The van der Waals surface area contributed by atoms with E-state index in [1.165, 1.54) is 0 Å². The van der Waals surface area contributed by atoms with E-state index in [0.29, 0.717) is 18.3 Å². The first kappa shape index (κ1) is 16.2. The summed E-state index contributed by atoms with van der Waals surface area (Å²) >= 11 is 6.19. The largest absolute Gasteiger partial charge is 0.460 e. The summed E-state index contributed by atoms with van der Waals surface area (Å²) in [6.45, 7) is 6.11. The highest BCUT2D eigenvalue weighted by molar-refractivity contribution is 6.34. The molecular weight excluding hydrogens is 316 g/mol. The van der Waals surface area contributed by atoms with Crippen molar-refractivity contribution >= 4 is 28.3 Å². The van der Waals surface area contributed by atoms with E-state index in [1.807, 2.05) is 31.2 Å². The second-order valence-corrected chi connectivity index (χ2v) is 5.87. The van der Waals surface area contributed by atoms with E-state index >= 15 is 0 Å². The minimum atomic E-state index is -0.427. The van der Waals surface area contributed by atoms with Gasteiger partial charge in [-0.3, -0.25) is 4.90 Å². The number of hydrogen-bond acceptors (Lipinski definition) is 5. The maximum absolute atomic E-state index is 12.3. The highest BCUT2D eigenvalue weighted by Crippen LogP contribution is 2.26. The van der Waals surface area contributed by atoms with Gasteiger partial charge in [-0.25, -0.2) is 9.78 Å². The van der Waals surface area contributed by atoms with Crippen molar-refractivity contribution in [1.82, 2.24) is 9.88 Å². The van der Waals surface area contributed by atoms with E-state index in [-0.39, 0.29) is 5.69 Å². The van der Waals surface area contributed by atoms with Gasteiger partial charge in [0.05, 0.1) is 13.2 Å². The standard InChI is InChI=1S/C17H19ClN2O3/c1-12-13-4-2-3-5-14(13)16(18)19-15(12)17(21)23-11-8-20-6-9-22-10-7-20/h2-5H,6-11H2,1H3. The third kappa shape index (κ3) is 3.63. The van der Waals surface area contributed by atoms with Gasteiger partial charge < -0.3 is 9.47 Å². The molecule has 2 aromatic rings. The number of aromatic nitrogens is 1. The Bertz CT molecular complexity index is 714. The summed E-state index contributed by atoms with van der Waals surface area (Å²) in [6, 6.07) is 7.64. The van der Waals surface area contributed by atoms with Crippen molar-refractivity contribution < 1.29 is 14.3 Å². The Labute approximate surface area is 140 Å². The van der Waals surface area contributed by atoms with Crippen LogP contribution in [-0.4, -0.2) is 55.3 Å². The number of nitrogens with zero attached hydrogens (tertiary/aromatic N) is 2. The molecule has 0 saturated carbocycles. The lowest BCUT2D eigenvalue weighted by molar-refractivity contribution is 0.0193. The molecule has 3 rings (SSSR count). The third-order valence-electron chi connectivity index (χ3n) is 4.06. The molecule has 0 aliphatic carbocycles. The predicted molar refractivity (Wildman–Crippen MR) is 89.0 cm³/mol. The van der Waals surface area contributed by atoms with Crippen LogP contribution < -0.4 is 0 Å². The maximum Gasteiger partial charge on any atom is 0.357 e. The number of benzene rings is 1. The van der Waals surface area contributed by atoms with Crippen LogP contribution in [0.3, 0.4) is 0 Å². The number of halogens is 1. The van der Waals surface area contributed by atoms with Gasteiger partial charge >= 0.3 is 5.97 Å². The first-order chi connectivity index (χ1) is 11.2. The molecule has 1 saturated heterocycles. The Morgan fingerprint density at radius 2 is 2.00 bits per heavy atom. The smallest absolute Gasteiger partial charge is 0.357 e. The molecule has 0 amide bonds. The number of hydrogen-bond donors (Lipinski definition) is 0. The number of carbonyl (C=O) groups is 1. The Morgan fingerprint density at radius 1 is 1.30 bits per heavy atom. The molecule has 23 heavy (non-hydrogen) atoms. The summed E-state index contributed by atoms with van der Waals surface area (Å²) in [5.41, 5.74) is 1.08. The Hall–Kier alpha value is -1.69. The number of morpholine rings is 1. The zero-order valence-corrected chi connectivity index (χ0v) is 13.8. The fourth-order valence-electron chi connectivity index (χ4n) is 2.72. The lowest BCUT2D eigenvalue weighted by Gasteiger charge is -2.26. The maximum atomic E-state index is 12.3. The number of fused-ring (bicyclic) bond motifs is 1. The first-order valence-corrected chi connectivity index (χ1v) is 8.06. The first-order valence-electron chi connectivity index (χ1n) is 7.69. The molecule has 0 spiro atoms.